The predicted octanol–water partition coefficient (Wildman–Crippen LogP) is 3.08. The summed E-state index contributed by atoms with van der Waals surface area (Å²) in [7, 11) is 0. The molecule has 1 aromatic carbocycles. The fraction of sp³-hybridized carbons (Fsp3) is 0.409. The molecular weight excluding hydrogens is 426 g/mol. The van der Waals surface area contributed by atoms with E-state index < -0.39 is 5.69 Å². The van der Waals surface area contributed by atoms with Crippen LogP contribution < -0.4 is 15.9 Å². The molecule has 1 fully saturated rings. The van der Waals surface area contributed by atoms with Gasteiger partial charge in [0, 0.05) is 18.8 Å². The van der Waals surface area contributed by atoms with Gasteiger partial charge in [-0.25, -0.2) is 18.9 Å². The summed E-state index contributed by atoms with van der Waals surface area (Å²) in [5, 5.41) is 8.17. The molecule has 0 radical (unpaired) electrons. The lowest BCUT2D eigenvalue weighted by Gasteiger charge is -2.11. The SMILES string of the molecule is CCCCc1ccc(NC(=O)Cn2nc3c4sc(N5CCCC5)nc4ncn3c2=O)cc1. The second-order valence-electron chi connectivity index (χ2n) is 8.07. The Morgan fingerprint density at radius 1 is 1.19 bits per heavy atom. The van der Waals surface area contributed by atoms with E-state index in [0.717, 1.165) is 55.0 Å². The quantitative estimate of drug-likeness (QED) is 0.464. The van der Waals surface area contributed by atoms with E-state index in [0.29, 0.717) is 17.0 Å². The molecule has 10 heteroatoms. The van der Waals surface area contributed by atoms with Crippen molar-refractivity contribution in [3.05, 3.63) is 46.6 Å². The largest absolute Gasteiger partial charge is 0.352 e. The Bertz CT molecular complexity index is 1320. The standard InChI is InChI=1S/C22H25N7O2S/c1-2-3-6-15-7-9-16(10-8-15)24-17(30)13-29-22(31)28-14-23-19-18(20(28)26-29)32-21(25-19)27-11-4-5-12-27/h7-10,14H,2-6,11-13H2,1H3,(H,24,30). The molecule has 3 aromatic heterocycles. The first-order chi connectivity index (χ1) is 15.6. The van der Waals surface area contributed by atoms with Crippen molar-refractivity contribution < 1.29 is 4.79 Å². The van der Waals surface area contributed by atoms with E-state index in [2.05, 4.69) is 32.2 Å². The Balaban J connectivity index is 1.35. The lowest BCUT2D eigenvalue weighted by Crippen LogP contribution is -2.28. The molecule has 0 atom stereocenters. The Labute approximate surface area is 188 Å². The molecule has 0 spiro atoms. The van der Waals surface area contributed by atoms with Crippen LogP contribution in [0.2, 0.25) is 0 Å². The van der Waals surface area contributed by atoms with Crippen LogP contribution in [0.1, 0.15) is 38.2 Å². The highest BCUT2D eigenvalue weighted by Gasteiger charge is 2.20. The minimum Gasteiger partial charge on any atom is -0.348 e. The van der Waals surface area contributed by atoms with Crippen molar-refractivity contribution in [2.24, 2.45) is 0 Å². The summed E-state index contributed by atoms with van der Waals surface area (Å²) in [5.74, 6) is -0.303. The molecule has 4 aromatic rings. The van der Waals surface area contributed by atoms with E-state index in [1.54, 1.807) is 0 Å². The molecule has 32 heavy (non-hydrogen) atoms. The number of rotatable bonds is 7. The highest BCUT2D eigenvalue weighted by atomic mass is 32.1. The highest BCUT2D eigenvalue weighted by molar-refractivity contribution is 7.22. The normalized spacial score (nSPS) is 14.0. The van der Waals surface area contributed by atoms with Crippen molar-refractivity contribution >= 4 is 44.1 Å². The Hall–Kier alpha value is -3.27. The summed E-state index contributed by atoms with van der Waals surface area (Å²) in [6.07, 6.45) is 7.07. The summed E-state index contributed by atoms with van der Waals surface area (Å²) in [4.78, 5) is 36.5. The summed E-state index contributed by atoms with van der Waals surface area (Å²) in [5.41, 5.74) is 2.62. The van der Waals surface area contributed by atoms with Gasteiger partial charge in [-0.15, -0.1) is 5.10 Å². The van der Waals surface area contributed by atoms with E-state index in [-0.39, 0.29) is 12.5 Å². The molecule has 0 bridgehead atoms. The van der Waals surface area contributed by atoms with Crippen molar-refractivity contribution in [3.8, 4) is 0 Å². The van der Waals surface area contributed by atoms with Crippen LogP contribution in [0.3, 0.4) is 0 Å². The predicted molar refractivity (Wildman–Crippen MR) is 126 cm³/mol. The van der Waals surface area contributed by atoms with Gasteiger partial charge in [0.2, 0.25) is 5.91 Å². The van der Waals surface area contributed by atoms with Gasteiger partial charge in [-0.2, -0.15) is 4.98 Å². The lowest BCUT2D eigenvalue weighted by atomic mass is 10.1. The van der Waals surface area contributed by atoms with Gasteiger partial charge in [0.15, 0.2) is 16.4 Å². The number of nitrogens with one attached hydrogen (secondary N) is 1. The number of benzene rings is 1. The van der Waals surface area contributed by atoms with Crippen molar-refractivity contribution in [2.75, 3.05) is 23.3 Å². The molecular formula is C22H25N7O2S. The van der Waals surface area contributed by atoms with Crippen molar-refractivity contribution in [1.82, 2.24) is 24.1 Å². The average Bonchev–Trinajstić information content (AvgIpc) is 3.52. The zero-order chi connectivity index (χ0) is 22.1. The molecule has 1 N–H and O–H groups in total. The Kier molecular flexibility index (Phi) is 5.60. The maximum atomic E-state index is 12.8. The number of nitrogens with zero attached hydrogens (tertiary/aromatic N) is 6. The van der Waals surface area contributed by atoms with Gasteiger partial charge in [-0.3, -0.25) is 4.79 Å². The molecule has 1 amide bonds. The first-order valence-electron chi connectivity index (χ1n) is 11.0. The number of amides is 1. The second-order valence-corrected chi connectivity index (χ2v) is 9.05. The van der Waals surface area contributed by atoms with Crippen LogP contribution in [0.25, 0.3) is 16.0 Å². The molecule has 1 aliphatic rings. The molecule has 9 nitrogen and oxygen atoms in total. The number of carbonyl (C=O) groups is 1. The van der Waals surface area contributed by atoms with Crippen LogP contribution in [0.15, 0.2) is 35.4 Å². The third kappa shape index (κ3) is 3.97. The number of hydrogen-bond acceptors (Lipinski definition) is 7. The van der Waals surface area contributed by atoms with E-state index in [1.807, 2.05) is 24.3 Å². The van der Waals surface area contributed by atoms with Crippen LogP contribution in [-0.4, -0.2) is 43.1 Å². The fourth-order valence-corrected chi connectivity index (χ4v) is 4.99. The molecule has 4 heterocycles. The summed E-state index contributed by atoms with van der Waals surface area (Å²) < 4.78 is 3.31. The number of fused-ring (bicyclic) bond motifs is 3. The Morgan fingerprint density at radius 3 is 2.72 bits per heavy atom. The second kappa shape index (κ2) is 8.70. The van der Waals surface area contributed by atoms with E-state index in [4.69, 9.17) is 0 Å². The lowest BCUT2D eigenvalue weighted by molar-refractivity contribution is -0.117. The average molecular weight is 452 g/mol. The summed E-state index contributed by atoms with van der Waals surface area (Å²) in [6.45, 7) is 3.96. The van der Waals surface area contributed by atoms with E-state index in [9.17, 15) is 9.59 Å². The number of hydrogen-bond donors (Lipinski definition) is 1. The van der Waals surface area contributed by atoms with Crippen LogP contribution >= 0.6 is 11.3 Å². The monoisotopic (exact) mass is 451 g/mol. The third-order valence-electron chi connectivity index (χ3n) is 5.69. The van der Waals surface area contributed by atoms with Crippen LogP contribution in [0.4, 0.5) is 10.8 Å². The maximum Gasteiger partial charge on any atom is 0.352 e. The minimum atomic E-state index is -0.393. The van der Waals surface area contributed by atoms with Crippen molar-refractivity contribution in [3.63, 3.8) is 0 Å². The number of unbranched alkanes of at least 4 members (excludes halogenated alkanes) is 1. The van der Waals surface area contributed by atoms with Crippen molar-refractivity contribution in [2.45, 2.75) is 45.6 Å². The maximum absolute atomic E-state index is 12.8. The van der Waals surface area contributed by atoms with Gasteiger partial charge in [-0.1, -0.05) is 36.8 Å². The van der Waals surface area contributed by atoms with Gasteiger partial charge >= 0.3 is 5.69 Å². The molecule has 5 rings (SSSR count). The number of aromatic nitrogens is 5. The molecule has 1 saturated heterocycles. The topological polar surface area (TPSA) is 97.4 Å². The number of thiazole rings is 1. The fourth-order valence-electron chi connectivity index (χ4n) is 3.94. The third-order valence-corrected chi connectivity index (χ3v) is 6.80. The van der Waals surface area contributed by atoms with Crippen LogP contribution in [0, 0.1) is 0 Å². The molecule has 166 valence electrons. The number of carbonyl (C=O) groups excluding carboxylic acids is 1. The number of aryl methyl sites for hydroxylation is 1. The Morgan fingerprint density at radius 2 is 1.97 bits per heavy atom. The van der Waals surface area contributed by atoms with Crippen molar-refractivity contribution in [1.29, 1.82) is 0 Å². The minimum absolute atomic E-state index is 0.169. The van der Waals surface area contributed by atoms with Gasteiger partial charge in [0.05, 0.1) is 0 Å². The van der Waals surface area contributed by atoms with Gasteiger partial charge in [-0.05, 0) is 43.4 Å². The van der Waals surface area contributed by atoms with Gasteiger partial charge in [0.25, 0.3) is 0 Å². The number of anilines is 2. The van der Waals surface area contributed by atoms with E-state index >= 15 is 0 Å². The molecule has 0 unspecified atom stereocenters. The summed E-state index contributed by atoms with van der Waals surface area (Å²) in [6, 6.07) is 7.82. The summed E-state index contributed by atoms with van der Waals surface area (Å²) >= 11 is 1.49. The molecule has 1 aliphatic heterocycles. The molecule has 0 aliphatic carbocycles. The van der Waals surface area contributed by atoms with Crippen LogP contribution in [-0.2, 0) is 17.8 Å². The first-order valence-corrected chi connectivity index (χ1v) is 11.8. The zero-order valence-electron chi connectivity index (χ0n) is 18.0. The van der Waals surface area contributed by atoms with Crippen LogP contribution in [0.5, 0.6) is 0 Å². The first kappa shape index (κ1) is 20.6. The zero-order valence-corrected chi connectivity index (χ0v) is 18.8. The molecule has 0 saturated carbocycles. The van der Waals surface area contributed by atoms with Gasteiger partial charge < -0.3 is 10.2 Å². The highest BCUT2D eigenvalue weighted by Crippen LogP contribution is 2.31. The van der Waals surface area contributed by atoms with Gasteiger partial charge in [0.1, 0.15) is 17.6 Å². The smallest absolute Gasteiger partial charge is 0.348 e. The van der Waals surface area contributed by atoms with E-state index in [1.165, 1.54) is 32.3 Å².